The number of piperidine rings is 1. The van der Waals surface area contributed by atoms with Gasteiger partial charge in [0.2, 0.25) is 5.95 Å². The summed E-state index contributed by atoms with van der Waals surface area (Å²) in [7, 11) is 5.85. The highest BCUT2D eigenvalue weighted by molar-refractivity contribution is 5.92. The fourth-order valence-electron chi connectivity index (χ4n) is 5.20. The van der Waals surface area contributed by atoms with Gasteiger partial charge in [-0.2, -0.15) is 4.98 Å². The van der Waals surface area contributed by atoms with Crippen molar-refractivity contribution in [1.82, 2.24) is 19.8 Å². The van der Waals surface area contributed by atoms with Crippen LogP contribution in [0.15, 0.2) is 72.8 Å². The van der Waals surface area contributed by atoms with Gasteiger partial charge >= 0.3 is 0 Å². The lowest BCUT2D eigenvalue weighted by molar-refractivity contribution is 0.211. The first-order valence-corrected chi connectivity index (χ1v) is 14.6. The Morgan fingerprint density at radius 1 is 0.902 bits per heavy atom. The zero-order valence-corrected chi connectivity index (χ0v) is 24.5. The number of nitrogens with one attached hydrogen (secondary N) is 2. The summed E-state index contributed by atoms with van der Waals surface area (Å²) >= 11 is 0. The molecule has 0 spiro atoms. The molecule has 0 atom stereocenters. The summed E-state index contributed by atoms with van der Waals surface area (Å²) in [5, 5.41) is 8.13. The van der Waals surface area contributed by atoms with E-state index in [1.165, 1.54) is 5.56 Å². The van der Waals surface area contributed by atoms with Crippen LogP contribution in [0, 0.1) is 0 Å². The molecule has 0 aliphatic carbocycles. The van der Waals surface area contributed by atoms with Crippen LogP contribution in [-0.2, 0) is 13.2 Å². The normalized spacial score (nSPS) is 14.3. The Morgan fingerprint density at radius 2 is 1.61 bits per heavy atom. The largest absolute Gasteiger partial charge is 0.493 e. The number of benzene rings is 3. The van der Waals surface area contributed by atoms with Crippen molar-refractivity contribution in [2.24, 2.45) is 0 Å². The van der Waals surface area contributed by atoms with Crippen LogP contribution in [0.5, 0.6) is 11.5 Å². The van der Waals surface area contributed by atoms with E-state index in [4.69, 9.17) is 19.4 Å². The van der Waals surface area contributed by atoms with Crippen molar-refractivity contribution in [2.45, 2.75) is 38.5 Å². The third kappa shape index (κ3) is 8.08. The fraction of sp³-hybridized carbons (Fsp3) is 0.394. The third-order valence-electron chi connectivity index (χ3n) is 7.46. The second kappa shape index (κ2) is 14.1. The molecule has 3 aromatic carbocycles. The standard InChI is InChI=1S/C33H42N6O2/c1-38(2)18-10-17-34-33-36-29-22-31(41-24-26-13-8-5-9-14-26)30(40-3)21-28(29)32(37-33)35-27-15-19-39(20-16-27)23-25-11-6-4-7-12-25/h4-9,11-14,21-22,27H,10,15-20,23-24H2,1-3H3,(H2,34,35,36,37). The van der Waals surface area contributed by atoms with Crippen molar-refractivity contribution in [1.29, 1.82) is 0 Å². The molecule has 8 nitrogen and oxygen atoms in total. The van der Waals surface area contributed by atoms with Crippen LogP contribution in [0.4, 0.5) is 11.8 Å². The van der Waals surface area contributed by atoms with Crippen molar-refractivity contribution >= 4 is 22.7 Å². The van der Waals surface area contributed by atoms with Gasteiger partial charge in [0, 0.05) is 43.7 Å². The van der Waals surface area contributed by atoms with E-state index >= 15 is 0 Å². The highest BCUT2D eigenvalue weighted by atomic mass is 16.5. The molecule has 4 aromatic rings. The van der Waals surface area contributed by atoms with Gasteiger partial charge in [-0.25, -0.2) is 4.98 Å². The molecule has 216 valence electrons. The number of hydrogen-bond donors (Lipinski definition) is 2. The van der Waals surface area contributed by atoms with Gasteiger partial charge in [0.05, 0.1) is 12.6 Å². The molecule has 1 fully saturated rings. The molecular formula is C33H42N6O2. The predicted molar refractivity (Wildman–Crippen MR) is 167 cm³/mol. The summed E-state index contributed by atoms with van der Waals surface area (Å²) in [5.41, 5.74) is 3.28. The van der Waals surface area contributed by atoms with Crippen LogP contribution in [-0.4, -0.2) is 73.2 Å². The van der Waals surface area contributed by atoms with E-state index in [0.29, 0.717) is 30.1 Å². The average molecular weight is 555 g/mol. The van der Waals surface area contributed by atoms with Gasteiger partial charge in [-0.3, -0.25) is 4.90 Å². The molecule has 1 aliphatic rings. The lowest BCUT2D eigenvalue weighted by Crippen LogP contribution is -2.38. The maximum absolute atomic E-state index is 6.20. The van der Waals surface area contributed by atoms with Gasteiger partial charge in [-0.1, -0.05) is 60.7 Å². The summed E-state index contributed by atoms with van der Waals surface area (Å²) in [6, 6.07) is 25.2. The first kappa shape index (κ1) is 28.6. The summed E-state index contributed by atoms with van der Waals surface area (Å²) in [6.45, 7) is 5.35. The Hall–Kier alpha value is -3.88. The first-order valence-electron chi connectivity index (χ1n) is 14.6. The fourth-order valence-corrected chi connectivity index (χ4v) is 5.20. The van der Waals surface area contributed by atoms with Crippen molar-refractivity contribution < 1.29 is 9.47 Å². The van der Waals surface area contributed by atoms with E-state index in [2.05, 4.69) is 77.0 Å². The van der Waals surface area contributed by atoms with Crippen molar-refractivity contribution in [2.75, 3.05) is 58.0 Å². The van der Waals surface area contributed by atoms with Crippen LogP contribution >= 0.6 is 0 Å². The Bertz CT molecular complexity index is 1380. The molecule has 1 aromatic heterocycles. The molecule has 1 aliphatic heterocycles. The Morgan fingerprint density at radius 3 is 2.29 bits per heavy atom. The highest BCUT2D eigenvalue weighted by Crippen LogP contribution is 2.36. The molecule has 0 bridgehead atoms. The monoisotopic (exact) mass is 554 g/mol. The van der Waals surface area contributed by atoms with Crippen LogP contribution in [0.25, 0.3) is 10.9 Å². The minimum atomic E-state index is 0.335. The number of ether oxygens (including phenoxy) is 2. The average Bonchev–Trinajstić information content (AvgIpc) is 3.00. The van der Waals surface area contributed by atoms with Crippen LogP contribution in [0.2, 0.25) is 0 Å². The van der Waals surface area contributed by atoms with Gasteiger partial charge in [0.1, 0.15) is 12.4 Å². The number of fused-ring (bicyclic) bond motifs is 1. The second-order valence-corrected chi connectivity index (χ2v) is 11.0. The second-order valence-electron chi connectivity index (χ2n) is 11.0. The lowest BCUT2D eigenvalue weighted by Gasteiger charge is -2.33. The van der Waals surface area contributed by atoms with Gasteiger partial charge < -0.3 is 25.0 Å². The van der Waals surface area contributed by atoms with Crippen molar-refractivity contribution in [3.63, 3.8) is 0 Å². The molecule has 5 rings (SSSR count). The van der Waals surface area contributed by atoms with Gasteiger partial charge in [0.15, 0.2) is 11.5 Å². The molecule has 41 heavy (non-hydrogen) atoms. The molecule has 0 saturated carbocycles. The van der Waals surface area contributed by atoms with Crippen LogP contribution in [0.3, 0.4) is 0 Å². The third-order valence-corrected chi connectivity index (χ3v) is 7.46. The van der Waals surface area contributed by atoms with Gasteiger partial charge in [-0.05, 0) is 57.1 Å². The van der Waals surface area contributed by atoms with Gasteiger partial charge in [0.25, 0.3) is 0 Å². The maximum Gasteiger partial charge on any atom is 0.225 e. The summed E-state index contributed by atoms with van der Waals surface area (Å²) in [5.74, 6) is 2.80. The minimum absolute atomic E-state index is 0.335. The van der Waals surface area contributed by atoms with E-state index < -0.39 is 0 Å². The Balaban J connectivity index is 1.34. The number of anilines is 2. The summed E-state index contributed by atoms with van der Waals surface area (Å²) in [6.07, 6.45) is 3.11. The predicted octanol–water partition coefficient (Wildman–Crippen LogP) is 5.66. The van der Waals surface area contributed by atoms with E-state index in [1.807, 2.05) is 30.3 Å². The molecule has 0 radical (unpaired) electrons. The lowest BCUT2D eigenvalue weighted by atomic mass is 10.0. The van der Waals surface area contributed by atoms with E-state index in [9.17, 15) is 0 Å². The van der Waals surface area contributed by atoms with Crippen molar-refractivity contribution in [3.05, 3.63) is 83.9 Å². The number of rotatable bonds is 13. The Kier molecular flexibility index (Phi) is 9.88. The number of nitrogens with zero attached hydrogens (tertiary/aromatic N) is 4. The molecule has 2 heterocycles. The molecule has 1 saturated heterocycles. The van der Waals surface area contributed by atoms with E-state index in [0.717, 1.165) is 74.3 Å². The zero-order valence-electron chi connectivity index (χ0n) is 24.5. The maximum atomic E-state index is 6.20. The zero-order chi connectivity index (χ0) is 28.4. The SMILES string of the molecule is COc1cc2c(NC3CCN(Cc4ccccc4)CC3)nc(NCCCN(C)C)nc2cc1OCc1ccccc1. The van der Waals surface area contributed by atoms with Crippen LogP contribution < -0.4 is 20.1 Å². The summed E-state index contributed by atoms with van der Waals surface area (Å²) in [4.78, 5) is 14.5. The number of hydrogen-bond acceptors (Lipinski definition) is 8. The molecule has 2 N–H and O–H groups in total. The van der Waals surface area contributed by atoms with Gasteiger partial charge in [-0.15, -0.1) is 0 Å². The summed E-state index contributed by atoms with van der Waals surface area (Å²) < 4.78 is 12.0. The van der Waals surface area contributed by atoms with E-state index in [1.54, 1.807) is 7.11 Å². The van der Waals surface area contributed by atoms with E-state index in [-0.39, 0.29) is 0 Å². The quantitative estimate of drug-likeness (QED) is 0.205. The number of methoxy groups -OCH3 is 1. The number of aromatic nitrogens is 2. The van der Waals surface area contributed by atoms with Crippen molar-refractivity contribution in [3.8, 4) is 11.5 Å². The molecule has 8 heteroatoms. The minimum Gasteiger partial charge on any atom is -0.493 e. The first-order chi connectivity index (χ1) is 20.1. The number of likely N-dealkylation sites (tertiary alicyclic amines) is 1. The van der Waals surface area contributed by atoms with Crippen LogP contribution in [0.1, 0.15) is 30.4 Å². The smallest absolute Gasteiger partial charge is 0.225 e. The Labute approximate surface area is 243 Å². The topological polar surface area (TPSA) is 74.8 Å². The highest BCUT2D eigenvalue weighted by Gasteiger charge is 2.22. The molecule has 0 unspecified atom stereocenters. The molecular weight excluding hydrogens is 512 g/mol. The molecule has 0 amide bonds.